The molecule has 7 heteroatoms. The predicted octanol–water partition coefficient (Wildman–Crippen LogP) is 3.69. The first-order valence-electron chi connectivity index (χ1n) is 8.00. The first-order chi connectivity index (χ1) is 12.0. The highest BCUT2D eigenvalue weighted by Gasteiger charge is 2.19. The van der Waals surface area contributed by atoms with Gasteiger partial charge in [-0.15, -0.1) is 11.3 Å². The molecule has 0 aliphatic heterocycles. The second-order valence-electron chi connectivity index (χ2n) is 6.10. The van der Waals surface area contributed by atoms with Crippen molar-refractivity contribution in [1.82, 2.24) is 4.90 Å². The molecule has 0 unspecified atom stereocenters. The van der Waals surface area contributed by atoms with Gasteiger partial charge in [-0.2, -0.15) is 0 Å². The van der Waals surface area contributed by atoms with E-state index in [1.54, 1.807) is 12.1 Å². The summed E-state index contributed by atoms with van der Waals surface area (Å²) in [4.78, 5) is 26.0. The van der Waals surface area contributed by atoms with Gasteiger partial charge in [0.25, 0.3) is 5.69 Å². The zero-order valence-corrected chi connectivity index (χ0v) is 14.9. The Morgan fingerprint density at radius 2 is 1.96 bits per heavy atom. The Morgan fingerprint density at radius 1 is 1.20 bits per heavy atom. The SMILES string of the molecule is CN(C)CCCNc1ccc([N+](=O)[O-])c2sc3ccccc3c(=O)c12. The molecule has 3 rings (SSSR count). The zero-order valence-electron chi connectivity index (χ0n) is 14.1. The normalized spacial score (nSPS) is 11.3. The van der Waals surface area contributed by atoms with Crippen LogP contribution in [0, 0.1) is 10.1 Å². The average Bonchev–Trinajstić information content (AvgIpc) is 2.58. The van der Waals surface area contributed by atoms with E-state index in [1.807, 2.05) is 32.3 Å². The van der Waals surface area contributed by atoms with Crippen LogP contribution >= 0.6 is 11.3 Å². The number of non-ortho nitro benzene ring substituents is 1. The van der Waals surface area contributed by atoms with Crippen LogP contribution in [0.1, 0.15) is 6.42 Å². The van der Waals surface area contributed by atoms with Gasteiger partial charge in [-0.05, 0) is 45.3 Å². The Morgan fingerprint density at radius 3 is 2.68 bits per heavy atom. The molecule has 1 N–H and O–H groups in total. The van der Waals surface area contributed by atoms with Crippen molar-refractivity contribution in [3.05, 3.63) is 56.7 Å². The molecule has 0 radical (unpaired) electrons. The summed E-state index contributed by atoms with van der Waals surface area (Å²) < 4.78 is 1.18. The van der Waals surface area contributed by atoms with Crippen molar-refractivity contribution in [3.63, 3.8) is 0 Å². The standard InChI is InChI=1S/C18H19N3O3S/c1-20(2)11-5-10-19-13-8-9-14(21(23)24)18-16(13)17(22)12-6-3-4-7-15(12)25-18/h3-4,6-9,19H,5,10-11H2,1-2H3. The molecule has 1 aromatic heterocycles. The van der Waals surface area contributed by atoms with Crippen molar-refractivity contribution in [2.24, 2.45) is 0 Å². The van der Waals surface area contributed by atoms with Gasteiger partial charge in [-0.25, -0.2) is 0 Å². The quantitative estimate of drug-likeness (QED) is 0.315. The number of nitrogens with one attached hydrogen (secondary N) is 1. The molecule has 0 spiro atoms. The average molecular weight is 357 g/mol. The van der Waals surface area contributed by atoms with Crippen molar-refractivity contribution in [2.45, 2.75) is 6.42 Å². The zero-order chi connectivity index (χ0) is 18.0. The monoisotopic (exact) mass is 357 g/mol. The Kier molecular flexibility index (Phi) is 4.96. The third-order valence-corrected chi connectivity index (χ3v) is 5.20. The van der Waals surface area contributed by atoms with E-state index in [0.717, 1.165) is 17.7 Å². The highest BCUT2D eigenvalue weighted by Crippen LogP contribution is 2.35. The van der Waals surface area contributed by atoms with Crippen LogP contribution in [0.15, 0.2) is 41.2 Å². The van der Waals surface area contributed by atoms with Crippen LogP contribution in [-0.4, -0.2) is 37.0 Å². The molecular weight excluding hydrogens is 338 g/mol. The van der Waals surface area contributed by atoms with Crippen molar-refractivity contribution in [2.75, 3.05) is 32.5 Å². The molecule has 25 heavy (non-hydrogen) atoms. The summed E-state index contributed by atoms with van der Waals surface area (Å²) in [6.07, 6.45) is 0.913. The van der Waals surface area contributed by atoms with E-state index in [4.69, 9.17) is 0 Å². The smallest absolute Gasteiger partial charge is 0.287 e. The Bertz CT molecular complexity index is 998. The second-order valence-corrected chi connectivity index (χ2v) is 7.16. The molecule has 0 fully saturated rings. The number of anilines is 1. The van der Waals surface area contributed by atoms with Gasteiger partial charge in [-0.3, -0.25) is 14.9 Å². The lowest BCUT2D eigenvalue weighted by Gasteiger charge is -2.12. The molecule has 1 heterocycles. The van der Waals surface area contributed by atoms with Gasteiger partial charge in [0.05, 0.1) is 10.3 Å². The van der Waals surface area contributed by atoms with Crippen molar-refractivity contribution in [3.8, 4) is 0 Å². The number of nitro benzene ring substituents is 1. The van der Waals surface area contributed by atoms with E-state index in [2.05, 4.69) is 10.2 Å². The molecule has 0 aliphatic rings. The molecule has 3 aromatic rings. The molecule has 0 bridgehead atoms. The lowest BCUT2D eigenvalue weighted by Crippen LogP contribution is -2.17. The fourth-order valence-corrected chi connectivity index (χ4v) is 3.99. The van der Waals surface area contributed by atoms with Gasteiger partial charge >= 0.3 is 0 Å². The molecule has 0 aliphatic carbocycles. The predicted molar refractivity (Wildman–Crippen MR) is 104 cm³/mol. The van der Waals surface area contributed by atoms with Crippen LogP contribution in [0.4, 0.5) is 11.4 Å². The molecule has 6 nitrogen and oxygen atoms in total. The first-order valence-corrected chi connectivity index (χ1v) is 8.82. The molecular formula is C18H19N3O3S. The van der Waals surface area contributed by atoms with Crippen LogP contribution in [0.2, 0.25) is 0 Å². The summed E-state index contributed by atoms with van der Waals surface area (Å²) in [5, 5.41) is 15.7. The maximum Gasteiger partial charge on any atom is 0.287 e. The number of nitro groups is 1. The fourth-order valence-electron chi connectivity index (χ4n) is 2.80. The van der Waals surface area contributed by atoms with E-state index >= 15 is 0 Å². The third kappa shape index (κ3) is 3.47. The summed E-state index contributed by atoms with van der Waals surface area (Å²) in [6, 6.07) is 10.3. The van der Waals surface area contributed by atoms with Crippen molar-refractivity contribution >= 4 is 42.9 Å². The van der Waals surface area contributed by atoms with Gasteiger partial charge in [0.2, 0.25) is 0 Å². The summed E-state index contributed by atoms with van der Waals surface area (Å²) in [5.41, 5.74) is 0.469. The van der Waals surface area contributed by atoms with Crippen LogP contribution in [0.3, 0.4) is 0 Å². The van der Waals surface area contributed by atoms with E-state index in [-0.39, 0.29) is 11.1 Å². The summed E-state index contributed by atoms with van der Waals surface area (Å²) >= 11 is 1.29. The minimum atomic E-state index is -0.428. The number of hydrogen-bond acceptors (Lipinski definition) is 6. The van der Waals surface area contributed by atoms with Crippen LogP contribution in [0.5, 0.6) is 0 Å². The lowest BCUT2D eigenvalue weighted by molar-refractivity contribution is -0.382. The van der Waals surface area contributed by atoms with Crippen LogP contribution < -0.4 is 10.7 Å². The maximum atomic E-state index is 13.0. The van der Waals surface area contributed by atoms with Gasteiger partial charge in [0, 0.05) is 28.4 Å². The van der Waals surface area contributed by atoms with Gasteiger partial charge < -0.3 is 10.2 Å². The number of fused-ring (bicyclic) bond motifs is 2. The molecule has 0 atom stereocenters. The van der Waals surface area contributed by atoms with E-state index in [0.29, 0.717) is 27.7 Å². The molecule has 0 saturated carbocycles. The Hall–Kier alpha value is -2.51. The summed E-state index contributed by atoms with van der Waals surface area (Å²) in [7, 11) is 4.01. The maximum absolute atomic E-state index is 13.0. The third-order valence-electron chi connectivity index (χ3n) is 4.00. The van der Waals surface area contributed by atoms with Crippen molar-refractivity contribution < 1.29 is 4.92 Å². The Balaban J connectivity index is 2.15. The largest absolute Gasteiger partial charge is 0.384 e. The van der Waals surface area contributed by atoms with Crippen molar-refractivity contribution in [1.29, 1.82) is 0 Å². The highest BCUT2D eigenvalue weighted by atomic mass is 32.1. The van der Waals surface area contributed by atoms with Gasteiger partial charge in [-0.1, -0.05) is 12.1 Å². The second kappa shape index (κ2) is 7.16. The Labute approximate surface area is 148 Å². The van der Waals surface area contributed by atoms with E-state index in [1.165, 1.54) is 17.4 Å². The van der Waals surface area contributed by atoms with E-state index in [9.17, 15) is 14.9 Å². The molecule has 0 saturated heterocycles. The summed E-state index contributed by atoms with van der Waals surface area (Å²) in [6.45, 7) is 1.62. The fraction of sp³-hybridized carbons (Fsp3) is 0.278. The number of nitrogens with zero attached hydrogens (tertiary/aromatic N) is 2. The number of rotatable bonds is 6. The molecule has 0 amide bonds. The first kappa shape index (κ1) is 17.3. The number of hydrogen-bond donors (Lipinski definition) is 1. The molecule has 2 aromatic carbocycles. The van der Waals surface area contributed by atoms with Gasteiger partial charge in [0.1, 0.15) is 4.70 Å². The van der Waals surface area contributed by atoms with Gasteiger partial charge in [0.15, 0.2) is 5.43 Å². The minimum absolute atomic E-state index is 0.0262. The highest BCUT2D eigenvalue weighted by molar-refractivity contribution is 7.25. The topological polar surface area (TPSA) is 75.5 Å². The van der Waals surface area contributed by atoms with Crippen LogP contribution in [0.25, 0.3) is 20.2 Å². The lowest BCUT2D eigenvalue weighted by atomic mass is 10.1. The van der Waals surface area contributed by atoms with E-state index < -0.39 is 4.92 Å². The minimum Gasteiger partial charge on any atom is -0.384 e. The summed E-state index contributed by atoms with van der Waals surface area (Å²) in [5.74, 6) is 0. The number of benzene rings is 2. The van der Waals surface area contributed by atoms with Crippen LogP contribution in [-0.2, 0) is 0 Å². The molecule has 130 valence electrons.